The molecule has 0 atom stereocenters. The number of hydrogen-bond acceptors (Lipinski definition) is 1. The molecule has 2 nitrogen and oxygen atoms in total. The van der Waals surface area contributed by atoms with Crippen LogP contribution in [0.1, 0.15) is 29.2 Å². The molecular formula is C19H23NO. The largest absolute Gasteiger partial charge is 0.338 e. The first-order valence-electron chi connectivity index (χ1n) is 7.48. The van der Waals surface area contributed by atoms with E-state index >= 15 is 0 Å². The number of carbonyl (C=O) groups excluding carboxylic acids is 1. The molecule has 0 bridgehead atoms. The van der Waals surface area contributed by atoms with Gasteiger partial charge in [0.15, 0.2) is 0 Å². The molecule has 1 amide bonds. The molecule has 110 valence electrons. The lowest BCUT2D eigenvalue weighted by Crippen LogP contribution is -2.32. The highest BCUT2D eigenvalue weighted by atomic mass is 16.2. The second kappa shape index (κ2) is 7.07. The van der Waals surface area contributed by atoms with E-state index in [0.717, 1.165) is 12.1 Å². The summed E-state index contributed by atoms with van der Waals surface area (Å²) in [6, 6.07) is 16.3. The van der Waals surface area contributed by atoms with E-state index in [4.69, 9.17) is 0 Å². The predicted octanol–water partition coefficient (Wildman–Crippen LogP) is 3.89. The lowest BCUT2D eigenvalue weighted by atomic mass is 10.0. The van der Waals surface area contributed by atoms with Crippen molar-refractivity contribution < 1.29 is 4.79 Å². The van der Waals surface area contributed by atoms with Crippen LogP contribution in [0.3, 0.4) is 0 Å². The molecule has 2 aromatic carbocycles. The number of benzene rings is 2. The van der Waals surface area contributed by atoms with Crippen LogP contribution in [-0.4, -0.2) is 17.4 Å². The Labute approximate surface area is 127 Å². The molecular weight excluding hydrogens is 258 g/mol. The number of amides is 1. The molecule has 0 heterocycles. The zero-order valence-corrected chi connectivity index (χ0v) is 13.1. The fraction of sp³-hybridized carbons (Fsp3) is 0.316. The fourth-order valence-corrected chi connectivity index (χ4v) is 2.45. The maximum atomic E-state index is 12.5. The van der Waals surface area contributed by atoms with Gasteiger partial charge in [0.1, 0.15) is 0 Å². The Hall–Kier alpha value is -2.09. The topological polar surface area (TPSA) is 20.3 Å². The zero-order chi connectivity index (χ0) is 15.2. The van der Waals surface area contributed by atoms with Crippen molar-refractivity contribution in [3.8, 4) is 0 Å². The summed E-state index contributed by atoms with van der Waals surface area (Å²) in [6.07, 6.45) is 0.479. The Morgan fingerprint density at radius 3 is 1.95 bits per heavy atom. The first-order valence-corrected chi connectivity index (χ1v) is 7.48. The molecule has 0 aliphatic carbocycles. The summed E-state index contributed by atoms with van der Waals surface area (Å²) in [5.41, 5.74) is 4.75. The number of aryl methyl sites for hydroxylation is 2. The monoisotopic (exact) mass is 281 g/mol. The number of carbonyl (C=O) groups is 1. The Balaban J connectivity index is 2.09. The van der Waals surface area contributed by atoms with Gasteiger partial charge < -0.3 is 4.90 Å². The van der Waals surface area contributed by atoms with Crippen LogP contribution in [0.2, 0.25) is 0 Å². The number of nitrogens with zero attached hydrogens (tertiary/aromatic N) is 1. The highest BCUT2D eigenvalue weighted by molar-refractivity contribution is 5.79. The molecule has 0 aliphatic heterocycles. The smallest absolute Gasteiger partial charge is 0.227 e. The van der Waals surface area contributed by atoms with Crippen LogP contribution >= 0.6 is 0 Å². The maximum absolute atomic E-state index is 12.5. The Morgan fingerprint density at radius 2 is 1.43 bits per heavy atom. The third-order valence-corrected chi connectivity index (χ3v) is 3.96. The minimum Gasteiger partial charge on any atom is -0.338 e. The Kier molecular flexibility index (Phi) is 5.15. The van der Waals surface area contributed by atoms with E-state index in [1.807, 2.05) is 42.2 Å². The van der Waals surface area contributed by atoms with Gasteiger partial charge in [0.25, 0.3) is 0 Å². The second-order valence-corrected chi connectivity index (χ2v) is 5.44. The van der Waals surface area contributed by atoms with E-state index in [2.05, 4.69) is 32.0 Å². The third kappa shape index (κ3) is 3.94. The lowest BCUT2D eigenvalue weighted by molar-refractivity contribution is -0.130. The first-order chi connectivity index (χ1) is 10.1. The molecule has 0 spiro atoms. The van der Waals surface area contributed by atoms with Crippen molar-refractivity contribution in [2.75, 3.05) is 6.54 Å². The minimum absolute atomic E-state index is 0.190. The van der Waals surface area contributed by atoms with Crippen LogP contribution in [-0.2, 0) is 17.8 Å². The average Bonchev–Trinajstić information content (AvgIpc) is 2.48. The summed E-state index contributed by atoms with van der Waals surface area (Å²) < 4.78 is 0. The van der Waals surface area contributed by atoms with Gasteiger partial charge in [0.2, 0.25) is 5.91 Å². The Morgan fingerprint density at radius 1 is 0.905 bits per heavy atom. The van der Waals surface area contributed by atoms with Gasteiger partial charge in [-0.3, -0.25) is 4.79 Å². The highest BCUT2D eigenvalue weighted by Gasteiger charge is 2.14. The van der Waals surface area contributed by atoms with Gasteiger partial charge >= 0.3 is 0 Å². The van der Waals surface area contributed by atoms with E-state index < -0.39 is 0 Å². The summed E-state index contributed by atoms with van der Waals surface area (Å²) in [4.78, 5) is 14.5. The SMILES string of the molecule is CCN(Cc1ccccc1C)C(=O)Cc1ccccc1C. The molecule has 0 saturated heterocycles. The molecule has 0 radical (unpaired) electrons. The average molecular weight is 281 g/mol. The van der Waals surface area contributed by atoms with Crippen LogP contribution in [0.15, 0.2) is 48.5 Å². The molecule has 2 rings (SSSR count). The van der Waals surface area contributed by atoms with E-state index in [1.165, 1.54) is 16.7 Å². The molecule has 2 heteroatoms. The molecule has 0 aromatic heterocycles. The number of likely N-dealkylation sites (N-methyl/N-ethyl adjacent to an activating group) is 1. The van der Waals surface area contributed by atoms with Gasteiger partial charge in [0, 0.05) is 13.1 Å². The predicted molar refractivity (Wildman–Crippen MR) is 87.2 cm³/mol. The van der Waals surface area contributed by atoms with Gasteiger partial charge in [-0.25, -0.2) is 0 Å². The molecule has 21 heavy (non-hydrogen) atoms. The van der Waals surface area contributed by atoms with Crippen molar-refractivity contribution in [2.45, 2.75) is 33.7 Å². The van der Waals surface area contributed by atoms with Crippen LogP contribution in [0.25, 0.3) is 0 Å². The van der Waals surface area contributed by atoms with Crippen molar-refractivity contribution in [3.63, 3.8) is 0 Å². The quantitative estimate of drug-likeness (QED) is 0.814. The summed E-state index contributed by atoms with van der Waals surface area (Å²) in [5.74, 6) is 0.190. The molecule has 0 saturated carbocycles. The summed E-state index contributed by atoms with van der Waals surface area (Å²) >= 11 is 0. The van der Waals surface area contributed by atoms with E-state index in [1.54, 1.807) is 0 Å². The normalized spacial score (nSPS) is 10.4. The first kappa shape index (κ1) is 15.3. The highest BCUT2D eigenvalue weighted by Crippen LogP contribution is 2.13. The van der Waals surface area contributed by atoms with Crippen molar-refractivity contribution in [1.82, 2.24) is 4.90 Å². The van der Waals surface area contributed by atoms with Crippen LogP contribution < -0.4 is 0 Å². The van der Waals surface area contributed by atoms with Gasteiger partial charge in [-0.1, -0.05) is 48.5 Å². The Bertz CT molecular complexity index is 618. The van der Waals surface area contributed by atoms with Gasteiger partial charge in [0.05, 0.1) is 6.42 Å². The second-order valence-electron chi connectivity index (χ2n) is 5.44. The lowest BCUT2D eigenvalue weighted by Gasteiger charge is -2.22. The molecule has 0 unspecified atom stereocenters. The standard InChI is InChI=1S/C19H23NO/c1-4-20(14-18-12-8-6-10-16(18)3)19(21)13-17-11-7-5-9-15(17)2/h5-12H,4,13-14H2,1-3H3. The number of rotatable bonds is 5. The fourth-order valence-electron chi connectivity index (χ4n) is 2.45. The summed E-state index contributed by atoms with van der Waals surface area (Å²) in [7, 11) is 0. The zero-order valence-electron chi connectivity index (χ0n) is 13.1. The van der Waals surface area contributed by atoms with E-state index in [-0.39, 0.29) is 5.91 Å². The minimum atomic E-state index is 0.190. The number of hydrogen-bond donors (Lipinski definition) is 0. The van der Waals surface area contributed by atoms with Crippen molar-refractivity contribution in [2.24, 2.45) is 0 Å². The van der Waals surface area contributed by atoms with E-state index in [9.17, 15) is 4.79 Å². The molecule has 2 aromatic rings. The molecule has 0 fully saturated rings. The van der Waals surface area contributed by atoms with Crippen LogP contribution in [0.4, 0.5) is 0 Å². The summed E-state index contributed by atoms with van der Waals surface area (Å²) in [5, 5.41) is 0. The van der Waals surface area contributed by atoms with Crippen LogP contribution in [0, 0.1) is 13.8 Å². The molecule has 0 N–H and O–H groups in total. The van der Waals surface area contributed by atoms with Crippen molar-refractivity contribution in [1.29, 1.82) is 0 Å². The summed E-state index contributed by atoms with van der Waals surface area (Å²) in [6.45, 7) is 7.61. The van der Waals surface area contributed by atoms with Crippen molar-refractivity contribution in [3.05, 3.63) is 70.8 Å². The van der Waals surface area contributed by atoms with E-state index in [0.29, 0.717) is 13.0 Å². The van der Waals surface area contributed by atoms with Crippen LogP contribution in [0.5, 0.6) is 0 Å². The maximum Gasteiger partial charge on any atom is 0.227 e. The van der Waals surface area contributed by atoms with Gasteiger partial charge in [-0.15, -0.1) is 0 Å². The third-order valence-electron chi connectivity index (χ3n) is 3.96. The van der Waals surface area contributed by atoms with Gasteiger partial charge in [-0.2, -0.15) is 0 Å². The van der Waals surface area contributed by atoms with Gasteiger partial charge in [-0.05, 0) is 43.0 Å². The van der Waals surface area contributed by atoms with Crippen molar-refractivity contribution >= 4 is 5.91 Å². The molecule has 0 aliphatic rings.